The SMILES string of the molecule is O=C(CN(C(=O)CNC(=O)c1cccs1)c1ccccc1C(F)(F)F)NC1CCCCC1. The minimum absolute atomic E-state index is 0.0513. The maximum Gasteiger partial charge on any atom is 0.418 e. The lowest BCUT2D eigenvalue weighted by atomic mass is 9.95. The number of anilines is 1. The molecule has 0 spiro atoms. The van der Waals surface area contributed by atoms with E-state index in [0.29, 0.717) is 4.88 Å². The molecule has 1 fully saturated rings. The highest BCUT2D eigenvalue weighted by Crippen LogP contribution is 2.36. The smallest absolute Gasteiger partial charge is 0.352 e. The molecule has 1 saturated carbocycles. The molecule has 32 heavy (non-hydrogen) atoms. The average Bonchev–Trinajstić information content (AvgIpc) is 3.31. The van der Waals surface area contributed by atoms with Crippen LogP contribution < -0.4 is 15.5 Å². The molecule has 172 valence electrons. The molecule has 1 aliphatic rings. The first-order valence-electron chi connectivity index (χ1n) is 10.3. The van der Waals surface area contributed by atoms with Crippen molar-refractivity contribution in [2.24, 2.45) is 0 Å². The summed E-state index contributed by atoms with van der Waals surface area (Å²) in [5.41, 5.74) is -1.45. The number of carbonyl (C=O) groups is 3. The van der Waals surface area contributed by atoms with Gasteiger partial charge >= 0.3 is 6.18 Å². The van der Waals surface area contributed by atoms with Crippen molar-refractivity contribution in [1.29, 1.82) is 0 Å². The monoisotopic (exact) mass is 467 g/mol. The Morgan fingerprint density at radius 1 is 1.03 bits per heavy atom. The lowest BCUT2D eigenvalue weighted by Gasteiger charge is -2.28. The molecule has 6 nitrogen and oxygen atoms in total. The van der Waals surface area contributed by atoms with Crippen LogP contribution in [0.25, 0.3) is 0 Å². The Labute approximate surface area is 187 Å². The molecule has 1 heterocycles. The number of nitrogens with zero attached hydrogens (tertiary/aromatic N) is 1. The summed E-state index contributed by atoms with van der Waals surface area (Å²) in [5, 5.41) is 6.93. The van der Waals surface area contributed by atoms with E-state index in [1.807, 2.05) is 0 Å². The zero-order chi connectivity index (χ0) is 23.1. The van der Waals surface area contributed by atoms with Gasteiger partial charge in [-0.3, -0.25) is 14.4 Å². The fraction of sp³-hybridized carbons (Fsp3) is 0.409. The van der Waals surface area contributed by atoms with Gasteiger partial charge in [-0.15, -0.1) is 11.3 Å². The van der Waals surface area contributed by atoms with Crippen LogP contribution in [0.15, 0.2) is 41.8 Å². The molecule has 2 N–H and O–H groups in total. The van der Waals surface area contributed by atoms with Crippen molar-refractivity contribution in [3.8, 4) is 0 Å². The van der Waals surface area contributed by atoms with E-state index in [-0.39, 0.29) is 6.04 Å². The van der Waals surface area contributed by atoms with Crippen LogP contribution in [-0.4, -0.2) is 36.9 Å². The van der Waals surface area contributed by atoms with Crippen molar-refractivity contribution in [2.75, 3.05) is 18.0 Å². The Balaban J connectivity index is 1.78. The number of rotatable bonds is 7. The minimum Gasteiger partial charge on any atom is -0.352 e. The van der Waals surface area contributed by atoms with E-state index in [2.05, 4.69) is 10.6 Å². The molecule has 2 aromatic rings. The molecule has 1 aliphatic carbocycles. The molecule has 0 bridgehead atoms. The fourth-order valence-electron chi connectivity index (χ4n) is 3.67. The van der Waals surface area contributed by atoms with Gasteiger partial charge in [0.2, 0.25) is 11.8 Å². The number of amides is 3. The Morgan fingerprint density at radius 3 is 2.41 bits per heavy atom. The lowest BCUT2D eigenvalue weighted by molar-refractivity contribution is -0.137. The quantitative estimate of drug-likeness (QED) is 0.647. The second-order valence-corrected chi connectivity index (χ2v) is 8.50. The zero-order valence-corrected chi connectivity index (χ0v) is 18.1. The average molecular weight is 468 g/mol. The van der Waals surface area contributed by atoms with E-state index in [1.54, 1.807) is 17.5 Å². The van der Waals surface area contributed by atoms with Crippen LogP contribution in [0, 0.1) is 0 Å². The predicted molar refractivity (Wildman–Crippen MR) is 115 cm³/mol. The molecular formula is C22H24F3N3O3S. The highest BCUT2D eigenvalue weighted by molar-refractivity contribution is 7.12. The summed E-state index contributed by atoms with van der Waals surface area (Å²) in [6.07, 6.45) is -0.0844. The van der Waals surface area contributed by atoms with Crippen molar-refractivity contribution < 1.29 is 27.6 Å². The van der Waals surface area contributed by atoms with Gasteiger partial charge in [0.05, 0.1) is 22.7 Å². The zero-order valence-electron chi connectivity index (χ0n) is 17.3. The second kappa shape index (κ2) is 10.6. The molecule has 1 aromatic carbocycles. The summed E-state index contributed by atoms with van der Waals surface area (Å²) < 4.78 is 40.7. The molecule has 0 atom stereocenters. The van der Waals surface area contributed by atoms with Gasteiger partial charge in [-0.25, -0.2) is 0 Å². The van der Waals surface area contributed by atoms with Crippen molar-refractivity contribution >= 4 is 34.7 Å². The molecule has 0 saturated heterocycles. The van der Waals surface area contributed by atoms with Gasteiger partial charge in [0.25, 0.3) is 5.91 Å². The van der Waals surface area contributed by atoms with Gasteiger partial charge < -0.3 is 15.5 Å². The molecule has 0 aliphatic heterocycles. The highest BCUT2D eigenvalue weighted by Gasteiger charge is 2.36. The molecule has 0 unspecified atom stereocenters. The van der Waals surface area contributed by atoms with Gasteiger partial charge in [0.15, 0.2) is 0 Å². The van der Waals surface area contributed by atoms with Gasteiger partial charge in [-0.1, -0.05) is 37.5 Å². The molecule has 3 amide bonds. The number of nitrogens with one attached hydrogen (secondary N) is 2. The van der Waals surface area contributed by atoms with Gasteiger partial charge in [-0.05, 0) is 36.4 Å². The van der Waals surface area contributed by atoms with E-state index in [0.717, 1.165) is 49.1 Å². The van der Waals surface area contributed by atoms with Crippen LogP contribution in [0.1, 0.15) is 47.3 Å². The first kappa shape index (κ1) is 23.8. The van der Waals surface area contributed by atoms with Crippen LogP contribution in [-0.2, 0) is 15.8 Å². The van der Waals surface area contributed by atoms with Gasteiger partial charge in [0, 0.05) is 6.04 Å². The minimum atomic E-state index is -4.71. The first-order valence-corrected chi connectivity index (χ1v) is 11.2. The molecular weight excluding hydrogens is 443 g/mol. The van der Waals surface area contributed by atoms with E-state index in [1.165, 1.54) is 23.5 Å². The van der Waals surface area contributed by atoms with Crippen molar-refractivity contribution in [1.82, 2.24) is 10.6 Å². The van der Waals surface area contributed by atoms with Crippen molar-refractivity contribution in [3.63, 3.8) is 0 Å². The molecule has 1 aromatic heterocycles. The van der Waals surface area contributed by atoms with Crippen LogP contribution >= 0.6 is 11.3 Å². The van der Waals surface area contributed by atoms with Gasteiger partial charge in [-0.2, -0.15) is 13.2 Å². The number of alkyl halides is 3. The predicted octanol–water partition coefficient (Wildman–Crippen LogP) is 3.98. The number of hydrogen-bond donors (Lipinski definition) is 2. The van der Waals surface area contributed by atoms with Crippen LogP contribution in [0.5, 0.6) is 0 Å². The lowest BCUT2D eigenvalue weighted by Crippen LogP contribution is -2.48. The maximum absolute atomic E-state index is 13.6. The van der Waals surface area contributed by atoms with Crippen LogP contribution in [0.4, 0.5) is 18.9 Å². The van der Waals surface area contributed by atoms with Crippen molar-refractivity contribution in [2.45, 2.75) is 44.3 Å². The van der Waals surface area contributed by atoms with Gasteiger partial charge in [0.1, 0.15) is 6.54 Å². The summed E-state index contributed by atoms with van der Waals surface area (Å²) in [6, 6.07) is 7.78. The number of halogens is 3. The summed E-state index contributed by atoms with van der Waals surface area (Å²) in [6.45, 7) is -1.11. The number of carbonyl (C=O) groups excluding carboxylic acids is 3. The summed E-state index contributed by atoms with van der Waals surface area (Å²) in [4.78, 5) is 38.8. The fourth-order valence-corrected chi connectivity index (χ4v) is 4.31. The third-order valence-corrected chi connectivity index (χ3v) is 6.09. The Hall–Kier alpha value is -2.88. The highest BCUT2D eigenvalue weighted by atomic mass is 32.1. The third kappa shape index (κ3) is 6.32. The molecule has 10 heteroatoms. The Morgan fingerprint density at radius 2 is 1.75 bits per heavy atom. The summed E-state index contributed by atoms with van der Waals surface area (Å²) in [7, 11) is 0. The standard InChI is InChI=1S/C22H24F3N3O3S/c23-22(24,25)16-9-4-5-10-17(16)28(14-19(29)27-15-7-2-1-3-8-15)20(30)13-26-21(31)18-11-6-12-32-18/h4-6,9-12,15H,1-3,7-8,13-14H2,(H,26,31)(H,27,29). The number of hydrogen-bond acceptors (Lipinski definition) is 4. The second-order valence-electron chi connectivity index (χ2n) is 7.56. The maximum atomic E-state index is 13.6. The topological polar surface area (TPSA) is 78.5 Å². The van der Waals surface area contributed by atoms with Crippen LogP contribution in [0.3, 0.4) is 0 Å². The van der Waals surface area contributed by atoms with E-state index < -0.39 is 48.2 Å². The first-order chi connectivity index (χ1) is 15.3. The van der Waals surface area contributed by atoms with E-state index >= 15 is 0 Å². The summed E-state index contributed by atoms with van der Waals surface area (Å²) in [5.74, 6) is -1.86. The normalized spacial score (nSPS) is 14.6. The molecule has 3 rings (SSSR count). The van der Waals surface area contributed by atoms with Crippen LogP contribution in [0.2, 0.25) is 0 Å². The summed E-state index contributed by atoms with van der Waals surface area (Å²) >= 11 is 1.17. The Kier molecular flexibility index (Phi) is 7.89. The van der Waals surface area contributed by atoms with E-state index in [9.17, 15) is 27.6 Å². The largest absolute Gasteiger partial charge is 0.418 e. The number of benzene rings is 1. The molecule has 0 radical (unpaired) electrons. The third-order valence-electron chi connectivity index (χ3n) is 5.22. The van der Waals surface area contributed by atoms with E-state index in [4.69, 9.17) is 0 Å². The Bertz CT molecular complexity index is 941. The number of thiophene rings is 1. The number of para-hydroxylation sites is 1. The van der Waals surface area contributed by atoms with Crippen molar-refractivity contribution in [3.05, 3.63) is 52.2 Å².